The Bertz CT molecular complexity index is 744. The molecule has 9 heteroatoms. The lowest BCUT2D eigenvalue weighted by Gasteiger charge is -2.10. The number of imide groups is 1. The summed E-state index contributed by atoms with van der Waals surface area (Å²) in [5.74, 6) is -2.33. The maximum absolute atomic E-state index is 12.3. The van der Waals surface area contributed by atoms with Gasteiger partial charge in [0, 0.05) is 0 Å². The Hall–Kier alpha value is -2.81. The number of esters is 1. The molecule has 0 aromatic heterocycles. The first-order valence-electron chi connectivity index (χ1n) is 7.24. The first kappa shape index (κ1) is 18.5. The van der Waals surface area contributed by atoms with Gasteiger partial charge in [-0.3, -0.25) is 19.3 Å². The Labute approximate surface area is 147 Å². The molecule has 0 N–H and O–H groups in total. The lowest BCUT2D eigenvalue weighted by atomic mass is 10.2. The predicted molar refractivity (Wildman–Crippen MR) is 86.3 cm³/mol. The van der Waals surface area contributed by atoms with Gasteiger partial charge in [-0.05, 0) is 42.5 Å². The molecule has 8 nitrogen and oxygen atoms in total. The quantitative estimate of drug-likeness (QED) is 0.505. The van der Waals surface area contributed by atoms with Crippen molar-refractivity contribution in [2.24, 2.45) is 0 Å². The van der Waals surface area contributed by atoms with Gasteiger partial charge in [0.15, 0.2) is 0 Å². The number of hydrogen-bond donors (Lipinski definition) is 0. The van der Waals surface area contributed by atoms with Gasteiger partial charge < -0.3 is 19.4 Å². The van der Waals surface area contributed by atoms with Crippen LogP contribution in [0.2, 0.25) is 0 Å². The SMILES string of the molecule is CCOC(=O)CN1C(=O)S/C(=C/c2cccc(OCC(=O)[O-])c2)C1=O. The smallest absolute Gasteiger partial charge is 0.326 e. The van der Waals surface area contributed by atoms with Crippen LogP contribution >= 0.6 is 11.8 Å². The van der Waals surface area contributed by atoms with Crippen molar-refractivity contribution in [2.45, 2.75) is 6.92 Å². The molecule has 1 aliphatic rings. The Kier molecular flexibility index (Phi) is 6.18. The second kappa shape index (κ2) is 8.34. The average molecular weight is 364 g/mol. The third kappa shape index (κ3) is 5.08. The van der Waals surface area contributed by atoms with E-state index in [0.29, 0.717) is 17.3 Å². The minimum atomic E-state index is -1.36. The van der Waals surface area contributed by atoms with Gasteiger partial charge in [-0.1, -0.05) is 12.1 Å². The van der Waals surface area contributed by atoms with E-state index in [0.717, 1.165) is 4.90 Å². The summed E-state index contributed by atoms with van der Waals surface area (Å²) in [5.41, 5.74) is 0.539. The highest BCUT2D eigenvalue weighted by atomic mass is 32.2. The van der Waals surface area contributed by atoms with Crippen molar-refractivity contribution in [3.8, 4) is 5.75 Å². The highest BCUT2D eigenvalue weighted by Crippen LogP contribution is 2.32. The largest absolute Gasteiger partial charge is 0.546 e. The Morgan fingerprint density at radius 1 is 1.32 bits per heavy atom. The van der Waals surface area contributed by atoms with E-state index < -0.39 is 36.2 Å². The van der Waals surface area contributed by atoms with Gasteiger partial charge in [-0.2, -0.15) is 0 Å². The van der Waals surface area contributed by atoms with Crippen LogP contribution in [-0.4, -0.2) is 47.7 Å². The number of nitrogens with zero attached hydrogens (tertiary/aromatic N) is 1. The highest BCUT2D eigenvalue weighted by Gasteiger charge is 2.36. The number of aliphatic carboxylic acids is 1. The summed E-state index contributed by atoms with van der Waals surface area (Å²) in [7, 11) is 0. The Balaban J connectivity index is 2.12. The number of carboxylic acids is 1. The van der Waals surface area contributed by atoms with E-state index in [2.05, 4.69) is 0 Å². The number of thioether (sulfide) groups is 1. The molecule has 1 aromatic carbocycles. The molecule has 0 radical (unpaired) electrons. The molecular formula is C16H14NO7S-. The van der Waals surface area contributed by atoms with Crippen LogP contribution in [0.5, 0.6) is 5.75 Å². The van der Waals surface area contributed by atoms with Gasteiger partial charge in [0.25, 0.3) is 11.1 Å². The summed E-state index contributed by atoms with van der Waals surface area (Å²) >= 11 is 0.707. The number of hydrogen-bond acceptors (Lipinski definition) is 8. The van der Waals surface area contributed by atoms with Crippen LogP contribution in [0.4, 0.5) is 4.79 Å². The van der Waals surface area contributed by atoms with E-state index in [1.807, 2.05) is 0 Å². The molecule has 1 aromatic rings. The van der Waals surface area contributed by atoms with Crippen LogP contribution in [-0.2, 0) is 19.1 Å². The van der Waals surface area contributed by atoms with Gasteiger partial charge in [-0.25, -0.2) is 0 Å². The van der Waals surface area contributed by atoms with Crippen LogP contribution in [0.3, 0.4) is 0 Å². The van der Waals surface area contributed by atoms with Gasteiger partial charge in [0.1, 0.15) is 18.9 Å². The number of ether oxygens (including phenoxy) is 2. The zero-order valence-corrected chi connectivity index (χ0v) is 14.0. The van der Waals surface area contributed by atoms with Crippen LogP contribution < -0.4 is 9.84 Å². The summed E-state index contributed by atoms with van der Waals surface area (Å²) in [5, 5.41) is 9.85. The van der Waals surface area contributed by atoms with Crippen LogP contribution in [0.25, 0.3) is 6.08 Å². The van der Waals surface area contributed by atoms with Crippen molar-refractivity contribution in [3.05, 3.63) is 34.7 Å². The van der Waals surface area contributed by atoms with E-state index in [1.165, 1.54) is 12.1 Å². The number of amides is 2. The van der Waals surface area contributed by atoms with E-state index >= 15 is 0 Å². The van der Waals surface area contributed by atoms with E-state index in [1.54, 1.807) is 25.1 Å². The number of carbonyl (C=O) groups excluding carboxylic acids is 4. The van der Waals surface area contributed by atoms with Crippen molar-refractivity contribution in [1.29, 1.82) is 0 Å². The minimum Gasteiger partial charge on any atom is -0.546 e. The molecule has 1 aliphatic heterocycles. The summed E-state index contributed by atoms with van der Waals surface area (Å²) in [6, 6.07) is 6.33. The van der Waals surface area contributed by atoms with Crippen LogP contribution in [0, 0.1) is 0 Å². The maximum atomic E-state index is 12.3. The van der Waals surface area contributed by atoms with Gasteiger partial charge >= 0.3 is 5.97 Å². The molecule has 1 saturated heterocycles. The van der Waals surface area contributed by atoms with Crippen LogP contribution in [0.15, 0.2) is 29.2 Å². The highest BCUT2D eigenvalue weighted by molar-refractivity contribution is 8.18. The first-order valence-corrected chi connectivity index (χ1v) is 8.06. The fraction of sp³-hybridized carbons (Fsp3) is 0.250. The summed E-state index contributed by atoms with van der Waals surface area (Å²) < 4.78 is 9.73. The lowest BCUT2D eigenvalue weighted by molar-refractivity contribution is -0.307. The minimum absolute atomic E-state index is 0.145. The third-order valence-electron chi connectivity index (χ3n) is 2.98. The summed E-state index contributed by atoms with van der Waals surface area (Å²) in [6.45, 7) is 0.745. The maximum Gasteiger partial charge on any atom is 0.326 e. The molecule has 1 heterocycles. The molecule has 0 spiro atoms. The Morgan fingerprint density at radius 2 is 2.08 bits per heavy atom. The molecule has 2 rings (SSSR count). The van der Waals surface area contributed by atoms with Crippen molar-refractivity contribution < 1.29 is 33.8 Å². The molecule has 0 unspecified atom stereocenters. The zero-order chi connectivity index (χ0) is 18.4. The Morgan fingerprint density at radius 3 is 2.76 bits per heavy atom. The van der Waals surface area contributed by atoms with Crippen molar-refractivity contribution in [2.75, 3.05) is 19.8 Å². The molecule has 2 amide bonds. The molecule has 0 saturated carbocycles. The van der Waals surface area contributed by atoms with Gasteiger partial charge in [0.05, 0.1) is 17.5 Å². The standard InChI is InChI=1S/C16H15NO7S/c1-2-23-14(20)8-17-15(21)12(25-16(17)22)7-10-4-3-5-11(6-10)24-9-13(18)19/h3-7H,2,8-9H2,1H3,(H,18,19)/p-1/b12-7+. The van der Waals surface area contributed by atoms with Gasteiger partial charge in [-0.15, -0.1) is 0 Å². The topological polar surface area (TPSA) is 113 Å². The molecule has 0 bridgehead atoms. The zero-order valence-electron chi connectivity index (χ0n) is 13.2. The van der Waals surface area contributed by atoms with E-state index in [-0.39, 0.29) is 17.3 Å². The number of rotatable bonds is 7. The first-order chi connectivity index (χ1) is 11.9. The van der Waals surface area contributed by atoms with Gasteiger partial charge in [0.2, 0.25) is 0 Å². The fourth-order valence-corrected chi connectivity index (χ4v) is 2.80. The predicted octanol–water partition coefficient (Wildman–Crippen LogP) is 0.415. The summed E-state index contributed by atoms with van der Waals surface area (Å²) in [4.78, 5) is 47.0. The number of benzene rings is 1. The summed E-state index contributed by atoms with van der Waals surface area (Å²) in [6.07, 6.45) is 1.46. The van der Waals surface area contributed by atoms with E-state index in [9.17, 15) is 24.3 Å². The molecule has 0 aliphatic carbocycles. The molecule has 0 atom stereocenters. The molecular weight excluding hydrogens is 350 g/mol. The number of carbonyl (C=O) groups is 4. The van der Waals surface area contributed by atoms with Crippen molar-refractivity contribution >= 4 is 40.9 Å². The molecule has 1 fully saturated rings. The fourth-order valence-electron chi connectivity index (χ4n) is 1.96. The van der Waals surface area contributed by atoms with Crippen molar-refractivity contribution in [1.82, 2.24) is 4.90 Å². The van der Waals surface area contributed by atoms with E-state index in [4.69, 9.17) is 9.47 Å². The lowest BCUT2D eigenvalue weighted by Crippen LogP contribution is -2.34. The second-order valence-corrected chi connectivity index (χ2v) is 5.80. The average Bonchev–Trinajstić information content (AvgIpc) is 2.81. The normalized spacial score (nSPS) is 15.6. The van der Waals surface area contributed by atoms with Crippen molar-refractivity contribution in [3.63, 3.8) is 0 Å². The number of carboxylic acid groups (broad SMARTS) is 1. The van der Waals surface area contributed by atoms with Crippen LogP contribution in [0.1, 0.15) is 12.5 Å². The molecule has 132 valence electrons. The second-order valence-electron chi connectivity index (χ2n) is 4.81. The monoisotopic (exact) mass is 364 g/mol. The third-order valence-corrected chi connectivity index (χ3v) is 3.89. The molecule has 25 heavy (non-hydrogen) atoms.